The van der Waals surface area contributed by atoms with E-state index in [0.29, 0.717) is 13.1 Å². The largest absolute Gasteiger partial charge is 0.355 e. The molecular weight excluding hydrogens is 250 g/mol. The molecule has 0 atom stereocenters. The van der Waals surface area contributed by atoms with Crippen LogP contribution in [0.15, 0.2) is 18.3 Å². The summed E-state index contributed by atoms with van der Waals surface area (Å²) in [5.41, 5.74) is 1.14. The van der Waals surface area contributed by atoms with Gasteiger partial charge in [0.15, 0.2) is 9.84 Å². The van der Waals surface area contributed by atoms with Crippen LogP contribution in [0.4, 0.5) is 5.82 Å². The molecule has 1 aliphatic heterocycles. The highest BCUT2D eigenvalue weighted by Gasteiger charge is 2.22. The van der Waals surface area contributed by atoms with Gasteiger partial charge in [0.05, 0.1) is 11.5 Å². The third-order valence-corrected chi connectivity index (χ3v) is 4.67. The first-order valence-corrected chi connectivity index (χ1v) is 8.04. The molecule has 1 fully saturated rings. The molecule has 6 heteroatoms. The predicted octanol–water partition coefficient (Wildman–Crippen LogP) is 0.426. The number of pyridine rings is 1. The van der Waals surface area contributed by atoms with Gasteiger partial charge in [-0.05, 0) is 18.2 Å². The van der Waals surface area contributed by atoms with Crippen LogP contribution in [0.2, 0.25) is 0 Å². The molecule has 100 valence electrons. The second kappa shape index (κ2) is 5.67. The van der Waals surface area contributed by atoms with Gasteiger partial charge in [-0.15, -0.1) is 0 Å². The Morgan fingerprint density at radius 1 is 1.33 bits per heavy atom. The van der Waals surface area contributed by atoms with Crippen LogP contribution in [0.1, 0.15) is 12.5 Å². The van der Waals surface area contributed by atoms with Crippen molar-refractivity contribution < 1.29 is 8.42 Å². The van der Waals surface area contributed by atoms with Crippen molar-refractivity contribution in [3.63, 3.8) is 0 Å². The van der Waals surface area contributed by atoms with Crippen molar-refractivity contribution in [2.24, 2.45) is 0 Å². The molecule has 18 heavy (non-hydrogen) atoms. The molecule has 0 bridgehead atoms. The summed E-state index contributed by atoms with van der Waals surface area (Å²) in [4.78, 5) is 6.42. The summed E-state index contributed by atoms with van der Waals surface area (Å²) in [7, 11) is -2.82. The van der Waals surface area contributed by atoms with Crippen molar-refractivity contribution >= 4 is 15.7 Å². The molecule has 2 rings (SSSR count). The Labute approximate surface area is 108 Å². The highest BCUT2D eigenvalue weighted by atomic mass is 32.2. The molecule has 0 saturated carbocycles. The lowest BCUT2D eigenvalue weighted by Gasteiger charge is -2.27. The maximum atomic E-state index is 11.3. The molecule has 0 aliphatic carbocycles. The van der Waals surface area contributed by atoms with Gasteiger partial charge in [0, 0.05) is 25.8 Å². The lowest BCUT2D eigenvalue weighted by Crippen LogP contribution is -2.40. The van der Waals surface area contributed by atoms with Gasteiger partial charge in [-0.3, -0.25) is 0 Å². The molecule has 2 heterocycles. The van der Waals surface area contributed by atoms with Crippen molar-refractivity contribution in [2.45, 2.75) is 13.5 Å². The van der Waals surface area contributed by atoms with Gasteiger partial charge in [0.25, 0.3) is 0 Å². The highest BCUT2D eigenvalue weighted by molar-refractivity contribution is 7.91. The number of aromatic nitrogens is 1. The lowest BCUT2D eigenvalue weighted by atomic mass is 10.2. The number of anilines is 1. The van der Waals surface area contributed by atoms with Gasteiger partial charge in [-0.25, -0.2) is 13.4 Å². The Hall–Kier alpha value is -1.14. The molecule has 0 aromatic carbocycles. The number of nitrogens with one attached hydrogen (secondary N) is 1. The van der Waals surface area contributed by atoms with Gasteiger partial charge in [-0.1, -0.05) is 13.0 Å². The number of sulfone groups is 1. The molecule has 1 saturated heterocycles. The first-order chi connectivity index (χ1) is 8.61. The number of nitrogens with zero attached hydrogens (tertiary/aromatic N) is 2. The van der Waals surface area contributed by atoms with Gasteiger partial charge in [0.1, 0.15) is 5.82 Å². The lowest BCUT2D eigenvalue weighted by molar-refractivity contribution is 0.586. The van der Waals surface area contributed by atoms with Crippen LogP contribution in [0.25, 0.3) is 0 Å². The molecule has 1 aliphatic rings. The third-order valence-electron chi connectivity index (χ3n) is 3.06. The van der Waals surface area contributed by atoms with Gasteiger partial charge >= 0.3 is 0 Å². The Morgan fingerprint density at radius 2 is 2.06 bits per heavy atom. The summed E-state index contributed by atoms with van der Waals surface area (Å²) in [6.07, 6.45) is 1.85. The van der Waals surface area contributed by atoms with E-state index in [2.05, 4.69) is 17.2 Å². The van der Waals surface area contributed by atoms with Crippen LogP contribution in [0.5, 0.6) is 0 Å². The Morgan fingerprint density at radius 3 is 2.61 bits per heavy atom. The minimum atomic E-state index is -2.82. The number of hydrogen-bond acceptors (Lipinski definition) is 5. The van der Waals surface area contributed by atoms with Crippen LogP contribution in [-0.4, -0.2) is 44.5 Å². The van der Waals surface area contributed by atoms with E-state index in [4.69, 9.17) is 0 Å². The summed E-state index contributed by atoms with van der Waals surface area (Å²) >= 11 is 0. The minimum absolute atomic E-state index is 0.230. The maximum Gasteiger partial charge on any atom is 0.153 e. The van der Waals surface area contributed by atoms with Crippen LogP contribution < -0.4 is 10.2 Å². The van der Waals surface area contributed by atoms with Gasteiger partial charge in [-0.2, -0.15) is 0 Å². The first kappa shape index (κ1) is 13.3. The fraction of sp³-hybridized carbons (Fsp3) is 0.583. The summed E-state index contributed by atoms with van der Waals surface area (Å²) in [6.45, 7) is 4.91. The highest BCUT2D eigenvalue weighted by Crippen LogP contribution is 2.14. The summed E-state index contributed by atoms with van der Waals surface area (Å²) in [5, 5.41) is 3.24. The summed E-state index contributed by atoms with van der Waals surface area (Å²) < 4.78 is 22.7. The SMILES string of the molecule is CCNCc1ccc(N2CCS(=O)(=O)CC2)nc1. The molecule has 1 aromatic rings. The zero-order chi connectivity index (χ0) is 13.0. The number of hydrogen-bond donors (Lipinski definition) is 1. The maximum absolute atomic E-state index is 11.3. The van der Waals surface area contributed by atoms with E-state index < -0.39 is 9.84 Å². The fourth-order valence-corrected chi connectivity index (χ4v) is 3.12. The standard InChI is InChI=1S/C12H19N3O2S/c1-2-13-9-11-3-4-12(14-10-11)15-5-7-18(16,17)8-6-15/h3-4,10,13H,2,5-9H2,1H3. The molecular formula is C12H19N3O2S. The molecule has 0 amide bonds. The molecule has 1 N–H and O–H groups in total. The Kier molecular flexibility index (Phi) is 4.19. The first-order valence-electron chi connectivity index (χ1n) is 6.22. The van der Waals surface area contributed by atoms with E-state index in [1.165, 1.54) is 0 Å². The van der Waals surface area contributed by atoms with E-state index in [9.17, 15) is 8.42 Å². The van der Waals surface area contributed by atoms with Crippen molar-refractivity contribution in [3.05, 3.63) is 23.9 Å². The van der Waals surface area contributed by atoms with Crippen LogP contribution >= 0.6 is 0 Å². The van der Waals surface area contributed by atoms with Crippen molar-refractivity contribution in [2.75, 3.05) is 36.0 Å². The van der Waals surface area contributed by atoms with Crippen molar-refractivity contribution in [1.29, 1.82) is 0 Å². The summed E-state index contributed by atoms with van der Waals surface area (Å²) in [6, 6.07) is 4.00. The zero-order valence-corrected chi connectivity index (χ0v) is 11.4. The third kappa shape index (κ3) is 3.43. The molecule has 1 aromatic heterocycles. The fourth-order valence-electron chi connectivity index (χ4n) is 1.92. The molecule has 5 nitrogen and oxygen atoms in total. The van der Waals surface area contributed by atoms with E-state index in [1.54, 1.807) is 0 Å². The van der Waals surface area contributed by atoms with Crippen molar-refractivity contribution in [3.8, 4) is 0 Å². The summed E-state index contributed by atoms with van der Waals surface area (Å²) in [5.74, 6) is 1.33. The Bertz CT molecular complexity index is 471. The van der Waals surface area contributed by atoms with Gasteiger partial charge in [0.2, 0.25) is 0 Å². The quantitative estimate of drug-likeness (QED) is 0.858. The predicted molar refractivity (Wildman–Crippen MR) is 72.5 cm³/mol. The normalized spacial score (nSPS) is 18.8. The van der Waals surface area contributed by atoms with Crippen LogP contribution in [0.3, 0.4) is 0 Å². The second-order valence-electron chi connectivity index (χ2n) is 4.44. The Balaban J connectivity index is 1.98. The van der Waals surface area contributed by atoms with Gasteiger partial charge < -0.3 is 10.2 Å². The van der Waals surface area contributed by atoms with E-state index in [1.807, 2.05) is 23.2 Å². The number of rotatable bonds is 4. The van der Waals surface area contributed by atoms with Crippen LogP contribution in [-0.2, 0) is 16.4 Å². The van der Waals surface area contributed by atoms with E-state index in [0.717, 1.165) is 24.5 Å². The monoisotopic (exact) mass is 269 g/mol. The van der Waals surface area contributed by atoms with Crippen molar-refractivity contribution in [1.82, 2.24) is 10.3 Å². The minimum Gasteiger partial charge on any atom is -0.355 e. The molecule has 0 radical (unpaired) electrons. The molecule has 0 spiro atoms. The average Bonchev–Trinajstić information content (AvgIpc) is 2.37. The second-order valence-corrected chi connectivity index (χ2v) is 6.75. The van der Waals surface area contributed by atoms with E-state index in [-0.39, 0.29) is 11.5 Å². The topological polar surface area (TPSA) is 62.3 Å². The average molecular weight is 269 g/mol. The molecule has 0 unspecified atom stereocenters. The van der Waals surface area contributed by atoms with E-state index >= 15 is 0 Å². The zero-order valence-electron chi connectivity index (χ0n) is 10.6. The smallest absolute Gasteiger partial charge is 0.153 e. The van der Waals surface area contributed by atoms with Crippen LogP contribution in [0, 0.1) is 0 Å².